The standard InChI is InChI=1S/C15H28O/c1-11(2)13-7-6-12(3)15(10-13)9-5-8-14(15,4)16/h11-13,16H,5-10H2,1-4H3/t12-,13-,14+,15+/m1/s1. The summed E-state index contributed by atoms with van der Waals surface area (Å²) in [6.45, 7) is 9.16. The molecule has 94 valence electrons. The van der Waals surface area contributed by atoms with Crippen molar-refractivity contribution in [1.82, 2.24) is 0 Å². The fraction of sp³-hybridized carbons (Fsp3) is 1.00. The maximum atomic E-state index is 10.7. The number of hydrogen-bond donors (Lipinski definition) is 1. The Kier molecular flexibility index (Phi) is 3.11. The van der Waals surface area contributed by atoms with E-state index >= 15 is 0 Å². The van der Waals surface area contributed by atoms with Crippen molar-refractivity contribution in [2.75, 3.05) is 0 Å². The van der Waals surface area contributed by atoms with Crippen LogP contribution < -0.4 is 0 Å². The normalized spacial score (nSPS) is 49.1. The zero-order valence-electron chi connectivity index (χ0n) is 11.4. The molecule has 2 rings (SSSR count). The van der Waals surface area contributed by atoms with E-state index in [0.717, 1.165) is 18.3 Å². The first kappa shape index (κ1) is 12.4. The van der Waals surface area contributed by atoms with Gasteiger partial charge in [-0.15, -0.1) is 0 Å². The summed E-state index contributed by atoms with van der Waals surface area (Å²) in [4.78, 5) is 0. The predicted molar refractivity (Wildman–Crippen MR) is 68.3 cm³/mol. The van der Waals surface area contributed by atoms with E-state index in [4.69, 9.17) is 0 Å². The van der Waals surface area contributed by atoms with Crippen LogP contribution in [0, 0.1) is 23.2 Å². The van der Waals surface area contributed by atoms with Gasteiger partial charge in [0.25, 0.3) is 0 Å². The Balaban J connectivity index is 2.23. The summed E-state index contributed by atoms with van der Waals surface area (Å²) in [5.41, 5.74) is -0.167. The molecule has 1 spiro atoms. The van der Waals surface area contributed by atoms with Crippen LogP contribution in [0.15, 0.2) is 0 Å². The molecule has 0 unspecified atom stereocenters. The zero-order chi connectivity index (χ0) is 12.0. The highest BCUT2D eigenvalue weighted by molar-refractivity contribution is 5.06. The topological polar surface area (TPSA) is 20.2 Å². The van der Waals surface area contributed by atoms with E-state index in [1.165, 1.54) is 32.1 Å². The molecule has 16 heavy (non-hydrogen) atoms. The molecule has 0 aromatic heterocycles. The van der Waals surface area contributed by atoms with Gasteiger partial charge >= 0.3 is 0 Å². The molecule has 0 amide bonds. The molecular weight excluding hydrogens is 196 g/mol. The molecule has 0 heterocycles. The molecule has 1 heteroatoms. The molecule has 2 aliphatic carbocycles. The second-order valence-corrected chi connectivity index (χ2v) is 6.97. The van der Waals surface area contributed by atoms with Crippen LogP contribution in [0.5, 0.6) is 0 Å². The quantitative estimate of drug-likeness (QED) is 0.714. The summed E-state index contributed by atoms with van der Waals surface area (Å²) in [6.07, 6.45) is 7.45. The van der Waals surface area contributed by atoms with E-state index in [9.17, 15) is 5.11 Å². The number of rotatable bonds is 1. The molecule has 2 fully saturated rings. The van der Waals surface area contributed by atoms with Crippen molar-refractivity contribution in [2.45, 2.75) is 71.8 Å². The van der Waals surface area contributed by atoms with Crippen LogP contribution in [-0.2, 0) is 0 Å². The summed E-state index contributed by atoms with van der Waals surface area (Å²) in [7, 11) is 0. The summed E-state index contributed by atoms with van der Waals surface area (Å²) >= 11 is 0. The van der Waals surface area contributed by atoms with Crippen LogP contribution >= 0.6 is 0 Å². The fourth-order valence-corrected chi connectivity index (χ4v) is 4.45. The number of hydrogen-bond acceptors (Lipinski definition) is 1. The molecule has 0 saturated heterocycles. The van der Waals surface area contributed by atoms with E-state index in [1.54, 1.807) is 0 Å². The monoisotopic (exact) mass is 224 g/mol. The smallest absolute Gasteiger partial charge is 0.0678 e. The zero-order valence-corrected chi connectivity index (χ0v) is 11.4. The second-order valence-electron chi connectivity index (χ2n) is 6.97. The van der Waals surface area contributed by atoms with Crippen molar-refractivity contribution in [3.05, 3.63) is 0 Å². The molecule has 0 bridgehead atoms. The fourth-order valence-electron chi connectivity index (χ4n) is 4.45. The van der Waals surface area contributed by atoms with Crippen molar-refractivity contribution in [3.8, 4) is 0 Å². The molecule has 2 saturated carbocycles. The van der Waals surface area contributed by atoms with Crippen LogP contribution in [0.4, 0.5) is 0 Å². The van der Waals surface area contributed by atoms with Gasteiger partial charge in [0.1, 0.15) is 0 Å². The molecule has 1 nitrogen and oxygen atoms in total. The average molecular weight is 224 g/mol. The Bertz CT molecular complexity index is 256. The Morgan fingerprint density at radius 2 is 1.88 bits per heavy atom. The second kappa shape index (κ2) is 4.01. The third-order valence-electron chi connectivity index (χ3n) is 5.84. The highest BCUT2D eigenvalue weighted by Gasteiger charge is 2.55. The highest BCUT2D eigenvalue weighted by atomic mass is 16.3. The molecule has 0 aromatic carbocycles. The first-order valence-corrected chi connectivity index (χ1v) is 7.11. The average Bonchev–Trinajstić information content (AvgIpc) is 2.47. The van der Waals surface area contributed by atoms with Gasteiger partial charge in [-0.25, -0.2) is 0 Å². The lowest BCUT2D eigenvalue weighted by Gasteiger charge is -2.51. The third-order valence-corrected chi connectivity index (χ3v) is 5.84. The highest BCUT2D eigenvalue weighted by Crippen LogP contribution is 2.59. The van der Waals surface area contributed by atoms with Crippen molar-refractivity contribution in [2.24, 2.45) is 23.2 Å². The molecule has 0 aliphatic heterocycles. The van der Waals surface area contributed by atoms with Crippen molar-refractivity contribution >= 4 is 0 Å². The number of aliphatic hydroxyl groups is 1. The van der Waals surface area contributed by atoms with Crippen molar-refractivity contribution < 1.29 is 5.11 Å². The summed E-state index contributed by atoms with van der Waals surface area (Å²) < 4.78 is 0. The molecule has 1 N–H and O–H groups in total. The molecule has 0 aromatic rings. The maximum absolute atomic E-state index is 10.7. The Labute approximate surface area is 101 Å². The van der Waals surface area contributed by atoms with Crippen LogP contribution in [-0.4, -0.2) is 10.7 Å². The van der Waals surface area contributed by atoms with Gasteiger partial charge in [0.05, 0.1) is 5.60 Å². The third kappa shape index (κ3) is 1.72. The van der Waals surface area contributed by atoms with Crippen molar-refractivity contribution in [1.29, 1.82) is 0 Å². The largest absolute Gasteiger partial charge is 0.390 e. The lowest BCUT2D eigenvalue weighted by molar-refractivity contribution is -0.110. The van der Waals surface area contributed by atoms with Crippen LogP contribution in [0.2, 0.25) is 0 Å². The van der Waals surface area contributed by atoms with Gasteiger partial charge in [0, 0.05) is 5.41 Å². The minimum absolute atomic E-state index is 0.236. The van der Waals surface area contributed by atoms with E-state index in [-0.39, 0.29) is 5.41 Å². The molecule has 4 atom stereocenters. The van der Waals surface area contributed by atoms with Gasteiger partial charge in [0.2, 0.25) is 0 Å². The Morgan fingerprint density at radius 1 is 1.19 bits per heavy atom. The summed E-state index contributed by atoms with van der Waals surface area (Å²) in [5.74, 6) is 2.32. The maximum Gasteiger partial charge on any atom is 0.0678 e. The van der Waals surface area contributed by atoms with Gasteiger partial charge in [-0.05, 0) is 63.2 Å². The molecular formula is C15H28O. The van der Waals surface area contributed by atoms with E-state index in [0.29, 0.717) is 5.92 Å². The van der Waals surface area contributed by atoms with Crippen LogP contribution in [0.1, 0.15) is 66.2 Å². The Morgan fingerprint density at radius 3 is 2.38 bits per heavy atom. The van der Waals surface area contributed by atoms with Crippen molar-refractivity contribution in [3.63, 3.8) is 0 Å². The van der Waals surface area contributed by atoms with Crippen LogP contribution in [0.3, 0.4) is 0 Å². The van der Waals surface area contributed by atoms with E-state index < -0.39 is 5.60 Å². The lowest BCUT2D eigenvalue weighted by Crippen LogP contribution is -2.49. The minimum atomic E-state index is -0.403. The SMILES string of the molecule is CC(C)[C@@H]1CC[C@@H](C)[C@]2(CCC[C@]2(C)O)C1. The van der Waals surface area contributed by atoms with E-state index in [1.807, 2.05) is 0 Å². The van der Waals surface area contributed by atoms with E-state index in [2.05, 4.69) is 27.7 Å². The molecule has 2 aliphatic rings. The first-order chi connectivity index (χ1) is 7.39. The minimum Gasteiger partial charge on any atom is -0.390 e. The van der Waals surface area contributed by atoms with Gasteiger partial charge in [-0.2, -0.15) is 0 Å². The summed E-state index contributed by atoms with van der Waals surface area (Å²) in [6, 6.07) is 0. The van der Waals surface area contributed by atoms with Gasteiger partial charge in [-0.3, -0.25) is 0 Å². The van der Waals surface area contributed by atoms with Gasteiger partial charge in [0.15, 0.2) is 0 Å². The summed E-state index contributed by atoms with van der Waals surface area (Å²) in [5, 5.41) is 10.7. The first-order valence-electron chi connectivity index (χ1n) is 7.11. The molecule has 0 radical (unpaired) electrons. The lowest BCUT2D eigenvalue weighted by atomic mass is 9.56. The van der Waals surface area contributed by atoms with Gasteiger partial charge in [-0.1, -0.05) is 20.8 Å². The predicted octanol–water partition coefficient (Wildman–Crippen LogP) is 4.00. The van der Waals surface area contributed by atoms with Gasteiger partial charge < -0.3 is 5.11 Å². The van der Waals surface area contributed by atoms with Crippen LogP contribution in [0.25, 0.3) is 0 Å². The Hall–Kier alpha value is -0.0400.